The number of hydrogen-bond donors (Lipinski definition) is 2. The Balaban J connectivity index is 2.26. The van der Waals surface area contributed by atoms with Crippen LogP contribution in [0, 0.1) is 0 Å². The average Bonchev–Trinajstić information content (AvgIpc) is 2.78. The van der Waals surface area contributed by atoms with E-state index < -0.39 is 0 Å². The molecule has 0 aliphatic carbocycles. The van der Waals surface area contributed by atoms with Gasteiger partial charge in [0, 0.05) is 34.8 Å². The van der Waals surface area contributed by atoms with Crippen LogP contribution in [0.1, 0.15) is 24.2 Å². The van der Waals surface area contributed by atoms with Crippen molar-refractivity contribution < 1.29 is 9.53 Å². The first-order valence-electron chi connectivity index (χ1n) is 6.03. The summed E-state index contributed by atoms with van der Waals surface area (Å²) in [7, 11) is 1.63. The number of nitrogens with one attached hydrogen (secondary N) is 2. The summed E-state index contributed by atoms with van der Waals surface area (Å²) in [6.07, 6.45) is 1.76. The molecule has 0 radical (unpaired) electrons. The third-order valence-corrected chi connectivity index (χ3v) is 2.86. The summed E-state index contributed by atoms with van der Waals surface area (Å²) < 4.78 is 5.15. The van der Waals surface area contributed by atoms with E-state index in [1.54, 1.807) is 13.3 Å². The summed E-state index contributed by atoms with van der Waals surface area (Å²) in [5.74, 6) is 0.878. The first-order chi connectivity index (χ1) is 8.61. The zero-order valence-electron chi connectivity index (χ0n) is 10.9. The highest BCUT2D eigenvalue weighted by atomic mass is 16.5. The maximum absolute atomic E-state index is 12.1. The van der Waals surface area contributed by atoms with E-state index in [0.29, 0.717) is 12.6 Å². The number of benzene rings is 1. The Morgan fingerprint density at radius 1 is 1.44 bits per heavy atom. The highest BCUT2D eigenvalue weighted by Crippen LogP contribution is 2.23. The molecule has 0 saturated carbocycles. The molecule has 0 spiro atoms. The molecule has 4 heteroatoms. The topological polar surface area (TPSA) is 54.1 Å². The van der Waals surface area contributed by atoms with E-state index in [9.17, 15) is 4.79 Å². The Bertz CT molecular complexity index is 558. The lowest BCUT2D eigenvalue weighted by atomic mass is 10.1. The maximum atomic E-state index is 12.1. The summed E-state index contributed by atoms with van der Waals surface area (Å²) in [6.45, 7) is 4.40. The second-order valence-corrected chi connectivity index (χ2v) is 4.57. The van der Waals surface area contributed by atoms with Gasteiger partial charge in [0.1, 0.15) is 5.75 Å². The number of aromatic amines is 1. The lowest BCUT2D eigenvalue weighted by Crippen LogP contribution is -2.29. The zero-order chi connectivity index (χ0) is 13.1. The van der Waals surface area contributed by atoms with Gasteiger partial charge in [-0.05, 0) is 12.1 Å². The highest BCUT2D eigenvalue weighted by molar-refractivity contribution is 6.09. The van der Waals surface area contributed by atoms with Crippen LogP contribution >= 0.6 is 0 Å². The predicted octanol–water partition coefficient (Wildman–Crippen LogP) is 2.36. The monoisotopic (exact) mass is 246 g/mol. The number of aromatic nitrogens is 1. The van der Waals surface area contributed by atoms with Crippen LogP contribution in [0.3, 0.4) is 0 Å². The van der Waals surface area contributed by atoms with Crippen LogP contribution in [0.5, 0.6) is 5.75 Å². The van der Waals surface area contributed by atoms with Gasteiger partial charge in [-0.25, -0.2) is 0 Å². The van der Waals surface area contributed by atoms with Crippen molar-refractivity contribution in [3.63, 3.8) is 0 Å². The minimum absolute atomic E-state index is 0.0973. The van der Waals surface area contributed by atoms with E-state index >= 15 is 0 Å². The van der Waals surface area contributed by atoms with Crippen LogP contribution in [0.25, 0.3) is 10.9 Å². The Morgan fingerprint density at radius 3 is 2.89 bits per heavy atom. The molecule has 1 aromatic heterocycles. The number of hydrogen-bond acceptors (Lipinski definition) is 3. The first-order valence-corrected chi connectivity index (χ1v) is 6.03. The van der Waals surface area contributed by atoms with Crippen LogP contribution < -0.4 is 10.1 Å². The summed E-state index contributed by atoms with van der Waals surface area (Å²) in [4.78, 5) is 15.2. The minimum Gasteiger partial charge on any atom is -0.497 e. The standard InChI is InChI=1S/C14H18N2O2/c1-9(2)15-8-14(17)12-7-16-13-6-10(18-3)4-5-11(12)13/h4-7,9,15-16H,8H2,1-3H3. The Kier molecular flexibility index (Phi) is 3.67. The second-order valence-electron chi connectivity index (χ2n) is 4.57. The lowest BCUT2D eigenvalue weighted by molar-refractivity contribution is 0.0990. The summed E-state index contributed by atoms with van der Waals surface area (Å²) in [6, 6.07) is 5.97. The van der Waals surface area contributed by atoms with Gasteiger partial charge in [0.25, 0.3) is 0 Å². The fourth-order valence-corrected chi connectivity index (χ4v) is 1.86. The Hall–Kier alpha value is -1.81. The number of Topliss-reactive ketones (excluding diaryl/α,β-unsaturated/α-hetero) is 1. The quantitative estimate of drug-likeness (QED) is 0.796. The van der Waals surface area contributed by atoms with Crippen molar-refractivity contribution in [2.24, 2.45) is 0 Å². The highest BCUT2D eigenvalue weighted by Gasteiger charge is 2.12. The van der Waals surface area contributed by atoms with Crippen LogP contribution in [0.4, 0.5) is 0 Å². The lowest BCUT2D eigenvalue weighted by Gasteiger charge is -2.06. The SMILES string of the molecule is COc1ccc2c(C(=O)CNC(C)C)c[nH]c2c1. The van der Waals surface area contributed by atoms with Crippen molar-refractivity contribution in [3.05, 3.63) is 30.0 Å². The molecular formula is C14H18N2O2. The Labute approximate surface area is 106 Å². The number of carbonyl (C=O) groups is 1. The molecule has 18 heavy (non-hydrogen) atoms. The summed E-state index contributed by atoms with van der Waals surface area (Å²) in [5.41, 5.74) is 1.64. The molecule has 0 bridgehead atoms. The summed E-state index contributed by atoms with van der Waals surface area (Å²) >= 11 is 0. The fraction of sp³-hybridized carbons (Fsp3) is 0.357. The van der Waals surface area contributed by atoms with Gasteiger partial charge in [0.2, 0.25) is 0 Å². The van der Waals surface area contributed by atoms with Crippen LogP contribution in [0.2, 0.25) is 0 Å². The molecule has 0 aliphatic heterocycles. The van der Waals surface area contributed by atoms with E-state index in [1.807, 2.05) is 32.0 Å². The van der Waals surface area contributed by atoms with Gasteiger partial charge in [-0.3, -0.25) is 4.79 Å². The van der Waals surface area contributed by atoms with Crippen molar-refractivity contribution in [2.45, 2.75) is 19.9 Å². The second kappa shape index (κ2) is 5.23. The molecule has 4 nitrogen and oxygen atoms in total. The Morgan fingerprint density at radius 2 is 2.22 bits per heavy atom. The van der Waals surface area contributed by atoms with Crippen LogP contribution in [-0.4, -0.2) is 30.5 Å². The van der Waals surface area contributed by atoms with Gasteiger partial charge in [0.05, 0.1) is 13.7 Å². The van der Waals surface area contributed by atoms with E-state index in [-0.39, 0.29) is 5.78 Å². The molecule has 1 aromatic carbocycles. The molecule has 2 N–H and O–H groups in total. The third-order valence-electron chi connectivity index (χ3n) is 2.86. The molecule has 2 rings (SSSR count). The van der Waals surface area contributed by atoms with Crippen molar-refractivity contribution in [3.8, 4) is 5.75 Å². The molecular weight excluding hydrogens is 228 g/mol. The number of carbonyl (C=O) groups excluding carboxylic acids is 1. The van der Waals surface area contributed by atoms with Crippen LogP contribution in [-0.2, 0) is 0 Å². The number of H-pyrrole nitrogens is 1. The van der Waals surface area contributed by atoms with Gasteiger partial charge in [-0.1, -0.05) is 13.8 Å². The smallest absolute Gasteiger partial charge is 0.178 e. The number of ether oxygens (including phenoxy) is 1. The fourth-order valence-electron chi connectivity index (χ4n) is 1.86. The predicted molar refractivity (Wildman–Crippen MR) is 72.3 cm³/mol. The molecule has 0 saturated heterocycles. The van der Waals surface area contributed by atoms with Crippen molar-refractivity contribution >= 4 is 16.7 Å². The number of ketones is 1. The van der Waals surface area contributed by atoms with Gasteiger partial charge in [0.15, 0.2) is 5.78 Å². The minimum atomic E-state index is 0.0973. The van der Waals surface area contributed by atoms with Gasteiger partial charge >= 0.3 is 0 Å². The zero-order valence-corrected chi connectivity index (χ0v) is 10.9. The normalized spacial score (nSPS) is 11.1. The van der Waals surface area contributed by atoms with Gasteiger partial charge in [-0.2, -0.15) is 0 Å². The molecule has 0 amide bonds. The van der Waals surface area contributed by atoms with E-state index in [4.69, 9.17) is 4.74 Å². The molecule has 0 unspecified atom stereocenters. The van der Waals surface area contributed by atoms with Crippen molar-refractivity contribution in [1.82, 2.24) is 10.3 Å². The molecule has 2 aromatic rings. The number of fused-ring (bicyclic) bond motifs is 1. The average molecular weight is 246 g/mol. The van der Waals surface area contributed by atoms with Crippen molar-refractivity contribution in [2.75, 3.05) is 13.7 Å². The largest absolute Gasteiger partial charge is 0.497 e. The van der Waals surface area contributed by atoms with E-state index in [2.05, 4.69) is 10.3 Å². The third kappa shape index (κ3) is 2.54. The molecule has 0 atom stereocenters. The molecule has 1 heterocycles. The molecule has 96 valence electrons. The van der Waals surface area contributed by atoms with Crippen LogP contribution in [0.15, 0.2) is 24.4 Å². The number of methoxy groups -OCH3 is 1. The summed E-state index contributed by atoms with van der Waals surface area (Å²) in [5, 5.41) is 4.07. The van der Waals surface area contributed by atoms with E-state index in [0.717, 1.165) is 22.2 Å². The maximum Gasteiger partial charge on any atom is 0.178 e. The number of rotatable bonds is 5. The molecule has 0 fully saturated rings. The van der Waals surface area contributed by atoms with Crippen molar-refractivity contribution in [1.29, 1.82) is 0 Å². The molecule has 0 aliphatic rings. The van der Waals surface area contributed by atoms with Gasteiger partial charge in [-0.15, -0.1) is 0 Å². The van der Waals surface area contributed by atoms with Gasteiger partial charge < -0.3 is 15.0 Å². The first kappa shape index (κ1) is 12.6. The van der Waals surface area contributed by atoms with E-state index in [1.165, 1.54) is 0 Å².